The van der Waals surface area contributed by atoms with Gasteiger partial charge in [-0.05, 0) is 63.0 Å². The molecule has 0 unspecified atom stereocenters. The molecule has 0 radical (unpaired) electrons. The molecule has 0 saturated heterocycles. The zero-order chi connectivity index (χ0) is 21.3. The van der Waals surface area contributed by atoms with Crippen molar-refractivity contribution in [3.05, 3.63) is 66.5 Å². The number of fused-ring (bicyclic) bond motifs is 1. The Bertz CT molecular complexity index is 1180. The van der Waals surface area contributed by atoms with E-state index in [9.17, 15) is 4.39 Å². The van der Waals surface area contributed by atoms with Gasteiger partial charge in [-0.15, -0.1) is 0 Å². The van der Waals surface area contributed by atoms with Crippen molar-refractivity contribution in [1.82, 2.24) is 14.7 Å². The Kier molecular flexibility index (Phi) is 5.42. The van der Waals surface area contributed by atoms with Crippen LogP contribution in [0.1, 0.15) is 6.42 Å². The Hall–Kier alpha value is -3.38. The fourth-order valence-corrected chi connectivity index (χ4v) is 3.82. The molecule has 0 atom stereocenters. The summed E-state index contributed by atoms with van der Waals surface area (Å²) in [4.78, 5) is 2.14. The SMILES string of the molecule is CN(C)CCCn1nc2cc(-c3ccccc3F)ccc2c1-c1c(N)cccc1N. The van der Waals surface area contributed by atoms with E-state index in [0.29, 0.717) is 16.9 Å². The fourth-order valence-electron chi connectivity index (χ4n) is 3.82. The highest BCUT2D eigenvalue weighted by Gasteiger charge is 2.19. The third-order valence-electron chi connectivity index (χ3n) is 5.27. The highest BCUT2D eigenvalue weighted by molar-refractivity contribution is 6.01. The molecule has 0 spiro atoms. The average Bonchev–Trinajstić information content (AvgIpc) is 3.05. The first-order valence-electron chi connectivity index (χ1n) is 10.00. The molecule has 1 aromatic heterocycles. The number of halogens is 1. The number of rotatable bonds is 6. The van der Waals surface area contributed by atoms with E-state index in [1.54, 1.807) is 12.1 Å². The van der Waals surface area contributed by atoms with Crippen molar-refractivity contribution in [1.29, 1.82) is 0 Å². The van der Waals surface area contributed by atoms with Crippen LogP contribution in [0.25, 0.3) is 33.3 Å². The second kappa shape index (κ2) is 8.16. The highest BCUT2D eigenvalue weighted by atomic mass is 19.1. The lowest BCUT2D eigenvalue weighted by Crippen LogP contribution is -2.16. The van der Waals surface area contributed by atoms with Gasteiger partial charge in [-0.25, -0.2) is 4.39 Å². The van der Waals surface area contributed by atoms with E-state index in [1.807, 2.05) is 61.2 Å². The first-order valence-corrected chi connectivity index (χ1v) is 10.00. The minimum Gasteiger partial charge on any atom is -0.398 e. The Balaban J connectivity index is 1.88. The van der Waals surface area contributed by atoms with Gasteiger partial charge in [0.25, 0.3) is 0 Å². The summed E-state index contributed by atoms with van der Waals surface area (Å²) in [7, 11) is 4.10. The summed E-state index contributed by atoms with van der Waals surface area (Å²) >= 11 is 0. The summed E-state index contributed by atoms with van der Waals surface area (Å²) in [5.41, 5.74) is 17.7. The van der Waals surface area contributed by atoms with Gasteiger partial charge in [-0.2, -0.15) is 5.10 Å². The second-order valence-corrected chi connectivity index (χ2v) is 7.75. The summed E-state index contributed by atoms with van der Waals surface area (Å²) in [6.45, 7) is 1.67. The molecule has 0 bridgehead atoms. The van der Waals surface area contributed by atoms with Crippen LogP contribution in [0.2, 0.25) is 0 Å². The zero-order valence-electron chi connectivity index (χ0n) is 17.3. The Labute approximate surface area is 175 Å². The van der Waals surface area contributed by atoms with Crippen molar-refractivity contribution in [2.75, 3.05) is 32.1 Å². The molecule has 0 aliphatic rings. The van der Waals surface area contributed by atoms with Crippen LogP contribution >= 0.6 is 0 Å². The van der Waals surface area contributed by atoms with Gasteiger partial charge in [0.15, 0.2) is 0 Å². The van der Waals surface area contributed by atoms with Crippen molar-refractivity contribution in [2.45, 2.75) is 13.0 Å². The van der Waals surface area contributed by atoms with Gasteiger partial charge in [-0.3, -0.25) is 4.68 Å². The van der Waals surface area contributed by atoms with Crippen LogP contribution in [0.5, 0.6) is 0 Å². The Morgan fingerprint density at radius 2 is 1.70 bits per heavy atom. The molecule has 1 heterocycles. The summed E-state index contributed by atoms with van der Waals surface area (Å²) in [6.07, 6.45) is 0.931. The molecule has 154 valence electrons. The second-order valence-electron chi connectivity index (χ2n) is 7.75. The molecule has 4 aromatic rings. The van der Waals surface area contributed by atoms with Crippen LogP contribution in [0, 0.1) is 5.82 Å². The maximum atomic E-state index is 14.3. The van der Waals surface area contributed by atoms with Crippen LogP contribution < -0.4 is 11.5 Å². The van der Waals surface area contributed by atoms with E-state index in [1.165, 1.54) is 6.07 Å². The average molecular weight is 404 g/mol. The van der Waals surface area contributed by atoms with Gasteiger partial charge in [0, 0.05) is 34.4 Å². The van der Waals surface area contributed by atoms with E-state index in [0.717, 1.165) is 47.2 Å². The minimum absolute atomic E-state index is 0.251. The molecule has 30 heavy (non-hydrogen) atoms. The van der Waals surface area contributed by atoms with Crippen molar-refractivity contribution in [3.8, 4) is 22.4 Å². The topological polar surface area (TPSA) is 73.1 Å². The lowest BCUT2D eigenvalue weighted by atomic mass is 10.00. The number of aryl methyl sites for hydroxylation is 1. The third-order valence-corrected chi connectivity index (χ3v) is 5.27. The van der Waals surface area contributed by atoms with Gasteiger partial charge < -0.3 is 16.4 Å². The van der Waals surface area contributed by atoms with Crippen molar-refractivity contribution in [2.24, 2.45) is 0 Å². The van der Waals surface area contributed by atoms with Gasteiger partial charge in [0.2, 0.25) is 0 Å². The van der Waals surface area contributed by atoms with Crippen LogP contribution in [0.15, 0.2) is 60.7 Å². The Morgan fingerprint density at radius 3 is 2.40 bits per heavy atom. The lowest BCUT2D eigenvalue weighted by molar-refractivity contribution is 0.382. The molecule has 0 amide bonds. The van der Waals surface area contributed by atoms with Crippen LogP contribution in [0.3, 0.4) is 0 Å². The molecule has 4 N–H and O–H groups in total. The number of nitrogens with zero attached hydrogens (tertiary/aromatic N) is 3. The normalized spacial score (nSPS) is 11.5. The van der Waals surface area contributed by atoms with E-state index >= 15 is 0 Å². The molecule has 3 aromatic carbocycles. The van der Waals surface area contributed by atoms with Gasteiger partial charge in [0.05, 0.1) is 11.2 Å². The maximum absolute atomic E-state index is 14.3. The number of benzene rings is 3. The number of hydrogen-bond acceptors (Lipinski definition) is 4. The predicted octanol–water partition coefficient (Wildman–Crippen LogP) is 4.63. The standard InChI is InChI=1S/C24H26FN5/c1-29(2)13-6-14-30-24(23-20(26)9-5-10-21(23)27)18-12-11-16(15-22(18)28-30)17-7-3-4-8-19(17)25/h3-5,7-12,15H,6,13-14,26-27H2,1-2H3. The largest absolute Gasteiger partial charge is 0.398 e. The zero-order valence-corrected chi connectivity index (χ0v) is 17.3. The molecule has 6 heteroatoms. The minimum atomic E-state index is -0.251. The van der Waals surface area contributed by atoms with Crippen LogP contribution in [-0.4, -0.2) is 35.3 Å². The van der Waals surface area contributed by atoms with Gasteiger partial charge in [-0.1, -0.05) is 30.3 Å². The van der Waals surface area contributed by atoms with Gasteiger partial charge in [0.1, 0.15) is 5.82 Å². The molecule has 0 aliphatic heterocycles. The van der Waals surface area contributed by atoms with Gasteiger partial charge >= 0.3 is 0 Å². The lowest BCUT2D eigenvalue weighted by Gasteiger charge is -2.14. The molecular weight excluding hydrogens is 377 g/mol. The number of aromatic nitrogens is 2. The first kappa shape index (κ1) is 19.9. The quantitative estimate of drug-likeness (QED) is 0.461. The summed E-state index contributed by atoms with van der Waals surface area (Å²) in [5, 5.41) is 5.80. The Morgan fingerprint density at radius 1 is 0.967 bits per heavy atom. The summed E-state index contributed by atoms with van der Waals surface area (Å²) in [6, 6.07) is 18.1. The molecule has 5 nitrogen and oxygen atoms in total. The molecule has 0 aliphatic carbocycles. The van der Waals surface area contributed by atoms with Crippen molar-refractivity contribution in [3.63, 3.8) is 0 Å². The number of hydrogen-bond donors (Lipinski definition) is 2. The van der Waals surface area contributed by atoms with E-state index in [2.05, 4.69) is 4.90 Å². The molecular formula is C24H26FN5. The van der Waals surface area contributed by atoms with E-state index in [4.69, 9.17) is 16.6 Å². The van der Waals surface area contributed by atoms with Crippen molar-refractivity contribution < 1.29 is 4.39 Å². The summed E-state index contributed by atoms with van der Waals surface area (Å²) < 4.78 is 16.3. The third kappa shape index (κ3) is 3.74. The molecule has 0 saturated carbocycles. The highest BCUT2D eigenvalue weighted by Crippen LogP contribution is 2.38. The number of nitrogens with two attached hydrogens (primary N) is 2. The number of nitrogen functional groups attached to an aromatic ring is 2. The van der Waals surface area contributed by atoms with Crippen molar-refractivity contribution >= 4 is 22.3 Å². The van der Waals surface area contributed by atoms with E-state index < -0.39 is 0 Å². The van der Waals surface area contributed by atoms with Crippen LogP contribution in [-0.2, 0) is 6.54 Å². The molecule has 0 fully saturated rings. The smallest absolute Gasteiger partial charge is 0.131 e. The number of anilines is 2. The monoisotopic (exact) mass is 403 g/mol. The first-order chi connectivity index (χ1) is 14.5. The predicted molar refractivity (Wildman–Crippen MR) is 123 cm³/mol. The fraction of sp³-hybridized carbons (Fsp3) is 0.208. The summed E-state index contributed by atoms with van der Waals surface area (Å²) in [5.74, 6) is -0.251. The van der Waals surface area contributed by atoms with E-state index in [-0.39, 0.29) is 5.82 Å². The molecule has 4 rings (SSSR count). The van der Waals surface area contributed by atoms with Crippen LogP contribution in [0.4, 0.5) is 15.8 Å². The maximum Gasteiger partial charge on any atom is 0.131 e.